The molecule has 0 radical (unpaired) electrons. The van der Waals surface area contributed by atoms with Crippen LogP contribution in [0.1, 0.15) is 13.8 Å². The van der Waals surface area contributed by atoms with Crippen molar-refractivity contribution in [3.8, 4) is 0 Å². The first-order chi connectivity index (χ1) is 3.55. The van der Waals surface area contributed by atoms with Gasteiger partial charge in [0.2, 0.25) is 5.78 Å². The molecule has 0 unspecified atom stereocenters. The van der Waals surface area contributed by atoms with E-state index in [9.17, 15) is 9.59 Å². The highest BCUT2D eigenvalue weighted by Crippen LogP contribution is 1.98. The van der Waals surface area contributed by atoms with Gasteiger partial charge >= 0.3 is 0 Å². The summed E-state index contributed by atoms with van der Waals surface area (Å²) >= 11 is 2.97. The van der Waals surface area contributed by atoms with Gasteiger partial charge in [-0.05, 0) is 6.92 Å². The highest BCUT2D eigenvalue weighted by molar-refractivity contribution is 9.10. The molecule has 46 valence electrons. The molecule has 0 fully saturated rings. The largest absolute Gasteiger partial charge is 0.291 e. The summed E-state index contributed by atoms with van der Waals surface area (Å²) in [4.78, 5) is 20.3. The SMILES string of the molecule is CC(=O)C(=O)[C@@H](C)Br. The zero-order valence-electron chi connectivity index (χ0n) is 4.77. The van der Waals surface area contributed by atoms with Crippen molar-refractivity contribution in [3.63, 3.8) is 0 Å². The van der Waals surface area contributed by atoms with Crippen LogP contribution in [0.3, 0.4) is 0 Å². The van der Waals surface area contributed by atoms with Crippen molar-refractivity contribution in [2.45, 2.75) is 18.7 Å². The van der Waals surface area contributed by atoms with Gasteiger partial charge in [-0.3, -0.25) is 9.59 Å². The summed E-state index contributed by atoms with van der Waals surface area (Å²) in [7, 11) is 0. The van der Waals surface area contributed by atoms with E-state index in [1.165, 1.54) is 6.92 Å². The molecule has 0 aliphatic carbocycles. The minimum absolute atomic E-state index is 0.333. The number of hydrogen-bond acceptors (Lipinski definition) is 2. The number of rotatable bonds is 2. The standard InChI is InChI=1S/C5H7BrO2/c1-3(6)5(8)4(2)7/h3H,1-2H3/t3-/m1/s1. The Labute approximate surface area is 56.4 Å². The fourth-order valence-corrected chi connectivity index (χ4v) is 0.602. The first-order valence-electron chi connectivity index (χ1n) is 2.24. The molecule has 8 heavy (non-hydrogen) atoms. The number of carbonyl (C=O) groups is 2. The van der Waals surface area contributed by atoms with Crippen LogP contribution in [0.5, 0.6) is 0 Å². The highest BCUT2D eigenvalue weighted by atomic mass is 79.9. The van der Waals surface area contributed by atoms with Gasteiger partial charge in [-0.25, -0.2) is 0 Å². The molecule has 0 rings (SSSR count). The maximum absolute atomic E-state index is 10.4. The second-order valence-electron chi connectivity index (χ2n) is 1.54. The zero-order chi connectivity index (χ0) is 6.73. The van der Waals surface area contributed by atoms with E-state index in [1.54, 1.807) is 6.92 Å². The van der Waals surface area contributed by atoms with E-state index in [0.29, 0.717) is 0 Å². The van der Waals surface area contributed by atoms with Gasteiger partial charge in [-0.15, -0.1) is 0 Å². The summed E-state index contributed by atoms with van der Waals surface area (Å²) in [5.41, 5.74) is 0. The zero-order valence-corrected chi connectivity index (χ0v) is 6.36. The van der Waals surface area contributed by atoms with Crippen molar-refractivity contribution in [2.75, 3.05) is 0 Å². The average Bonchev–Trinajstić information content (AvgIpc) is 1.64. The normalized spacial score (nSPS) is 12.9. The molecule has 1 atom stereocenters. The van der Waals surface area contributed by atoms with E-state index in [0.717, 1.165) is 0 Å². The lowest BCUT2D eigenvalue weighted by atomic mass is 10.2. The van der Waals surface area contributed by atoms with Gasteiger partial charge in [-0.2, -0.15) is 0 Å². The van der Waals surface area contributed by atoms with Crippen LogP contribution in [0.15, 0.2) is 0 Å². The minimum Gasteiger partial charge on any atom is -0.291 e. The maximum Gasteiger partial charge on any atom is 0.211 e. The summed E-state index contributed by atoms with van der Waals surface area (Å²) in [5.74, 6) is -0.764. The average molecular weight is 179 g/mol. The van der Waals surface area contributed by atoms with Crippen LogP contribution in [-0.2, 0) is 9.59 Å². The van der Waals surface area contributed by atoms with Crippen LogP contribution in [0.4, 0.5) is 0 Å². The van der Waals surface area contributed by atoms with E-state index in [1.807, 2.05) is 0 Å². The monoisotopic (exact) mass is 178 g/mol. The summed E-state index contributed by atoms with van der Waals surface area (Å²) < 4.78 is 0. The molecule has 0 saturated carbocycles. The summed E-state index contributed by atoms with van der Waals surface area (Å²) in [6, 6.07) is 0. The third-order valence-corrected chi connectivity index (χ3v) is 1.12. The lowest BCUT2D eigenvalue weighted by Crippen LogP contribution is -2.17. The molecule has 0 aromatic rings. The Morgan fingerprint density at radius 2 is 1.88 bits per heavy atom. The molecule has 0 spiro atoms. The maximum atomic E-state index is 10.4. The Morgan fingerprint density at radius 1 is 1.50 bits per heavy atom. The van der Waals surface area contributed by atoms with E-state index in [2.05, 4.69) is 15.9 Å². The molecular weight excluding hydrogens is 172 g/mol. The number of hydrogen-bond donors (Lipinski definition) is 0. The minimum atomic E-state index is -0.394. The number of Topliss-reactive ketones (excluding diaryl/α,β-unsaturated/α-hetero) is 2. The Morgan fingerprint density at radius 3 is 1.88 bits per heavy atom. The van der Waals surface area contributed by atoms with E-state index >= 15 is 0 Å². The smallest absolute Gasteiger partial charge is 0.211 e. The van der Waals surface area contributed by atoms with E-state index < -0.39 is 5.78 Å². The van der Waals surface area contributed by atoms with Gasteiger partial charge in [-0.1, -0.05) is 15.9 Å². The third kappa shape index (κ3) is 2.21. The molecular formula is C5H7BrO2. The van der Waals surface area contributed by atoms with Gasteiger partial charge in [0, 0.05) is 6.92 Å². The third-order valence-electron chi connectivity index (χ3n) is 0.708. The van der Waals surface area contributed by atoms with E-state index in [4.69, 9.17) is 0 Å². The van der Waals surface area contributed by atoms with Crippen molar-refractivity contribution >= 4 is 27.5 Å². The second-order valence-corrected chi connectivity index (χ2v) is 2.91. The first kappa shape index (κ1) is 7.82. The van der Waals surface area contributed by atoms with Crippen LogP contribution in [0.25, 0.3) is 0 Å². The van der Waals surface area contributed by atoms with Crippen LogP contribution in [0, 0.1) is 0 Å². The molecule has 0 amide bonds. The Kier molecular flexibility index (Phi) is 2.90. The van der Waals surface area contributed by atoms with Crippen molar-refractivity contribution in [3.05, 3.63) is 0 Å². The number of halogens is 1. The fraction of sp³-hybridized carbons (Fsp3) is 0.600. The summed E-state index contributed by atoms with van der Waals surface area (Å²) in [5, 5.41) is 0. The fourth-order valence-electron chi connectivity index (χ4n) is 0.280. The Bertz CT molecular complexity index is 118. The molecule has 0 aromatic heterocycles. The van der Waals surface area contributed by atoms with E-state index in [-0.39, 0.29) is 10.6 Å². The van der Waals surface area contributed by atoms with Crippen LogP contribution in [0.2, 0.25) is 0 Å². The number of carbonyl (C=O) groups excluding carboxylic acids is 2. The topological polar surface area (TPSA) is 34.1 Å². The predicted octanol–water partition coefficient (Wildman–Crippen LogP) is 0.928. The summed E-state index contributed by atoms with van der Waals surface area (Å²) in [6.45, 7) is 2.89. The molecule has 0 aromatic carbocycles. The summed E-state index contributed by atoms with van der Waals surface area (Å²) in [6.07, 6.45) is 0. The lowest BCUT2D eigenvalue weighted by Gasteiger charge is -1.93. The predicted molar refractivity (Wildman–Crippen MR) is 34.1 cm³/mol. The molecule has 0 bridgehead atoms. The van der Waals surface area contributed by atoms with Crippen molar-refractivity contribution in [1.29, 1.82) is 0 Å². The lowest BCUT2D eigenvalue weighted by molar-refractivity contribution is -0.134. The van der Waals surface area contributed by atoms with Crippen LogP contribution >= 0.6 is 15.9 Å². The van der Waals surface area contributed by atoms with Crippen molar-refractivity contribution in [1.82, 2.24) is 0 Å². The molecule has 0 aliphatic heterocycles. The van der Waals surface area contributed by atoms with Crippen LogP contribution in [-0.4, -0.2) is 16.4 Å². The Balaban J connectivity index is 3.84. The molecule has 0 heterocycles. The van der Waals surface area contributed by atoms with Gasteiger partial charge in [0.25, 0.3) is 0 Å². The van der Waals surface area contributed by atoms with Gasteiger partial charge in [0.15, 0.2) is 5.78 Å². The molecule has 0 N–H and O–H groups in total. The van der Waals surface area contributed by atoms with Crippen LogP contribution < -0.4 is 0 Å². The quantitative estimate of drug-likeness (QED) is 0.466. The molecule has 3 heteroatoms. The Hall–Kier alpha value is -0.180. The second kappa shape index (κ2) is 2.97. The number of ketones is 2. The molecule has 0 aliphatic rings. The first-order valence-corrected chi connectivity index (χ1v) is 3.16. The highest BCUT2D eigenvalue weighted by Gasteiger charge is 2.12. The van der Waals surface area contributed by atoms with Crippen molar-refractivity contribution < 1.29 is 9.59 Å². The van der Waals surface area contributed by atoms with Crippen molar-refractivity contribution in [2.24, 2.45) is 0 Å². The van der Waals surface area contributed by atoms with Gasteiger partial charge < -0.3 is 0 Å². The van der Waals surface area contributed by atoms with Gasteiger partial charge in [0.05, 0.1) is 4.83 Å². The number of alkyl halides is 1. The molecule has 0 saturated heterocycles. The molecule has 2 nitrogen and oxygen atoms in total. The van der Waals surface area contributed by atoms with Gasteiger partial charge in [0.1, 0.15) is 0 Å².